The zero-order valence-electron chi connectivity index (χ0n) is 11.2. The van der Waals surface area contributed by atoms with E-state index in [1.807, 2.05) is 12.3 Å². The van der Waals surface area contributed by atoms with E-state index in [-0.39, 0.29) is 0 Å². The Morgan fingerprint density at radius 1 is 1.30 bits per heavy atom. The van der Waals surface area contributed by atoms with Gasteiger partial charge in [-0.2, -0.15) is 0 Å². The van der Waals surface area contributed by atoms with Gasteiger partial charge in [0.25, 0.3) is 0 Å². The van der Waals surface area contributed by atoms with Crippen LogP contribution in [0.1, 0.15) is 17.0 Å². The van der Waals surface area contributed by atoms with E-state index in [0.29, 0.717) is 0 Å². The van der Waals surface area contributed by atoms with Crippen molar-refractivity contribution < 1.29 is 0 Å². The Labute approximate surface area is 120 Å². The fourth-order valence-electron chi connectivity index (χ4n) is 2.64. The number of fused-ring (bicyclic) bond motifs is 2. The second-order valence-corrected chi connectivity index (χ2v) is 5.96. The van der Waals surface area contributed by atoms with E-state index < -0.39 is 0 Å². The molecule has 0 aliphatic carbocycles. The summed E-state index contributed by atoms with van der Waals surface area (Å²) in [7, 11) is 0. The molecule has 0 aromatic carbocycles. The van der Waals surface area contributed by atoms with E-state index in [9.17, 15) is 0 Å². The molecule has 0 saturated carbocycles. The van der Waals surface area contributed by atoms with Crippen molar-refractivity contribution in [3.05, 3.63) is 40.7 Å². The van der Waals surface area contributed by atoms with Crippen LogP contribution in [-0.4, -0.2) is 21.5 Å². The molecule has 0 unspecified atom stereocenters. The molecule has 0 spiro atoms. The van der Waals surface area contributed by atoms with Gasteiger partial charge in [-0.05, 0) is 43.0 Å². The number of thiophene rings is 1. The lowest BCUT2D eigenvalue weighted by molar-refractivity contribution is 0.620. The van der Waals surface area contributed by atoms with Crippen LogP contribution >= 0.6 is 11.3 Å². The highest BCUT2D eigenvalue weighted by Crippen LogP contribution is 2.25. The molecule has 3 aromatic heterocycles. The van der Waals surface area contributed by atoms with Crippen LogP contribution in [0, 0.1) is 6.92 Å². The molecule has 20 heavy (non-hydrogen) atoms. The van der Waals surface area contributed by atoms with E-state index in [1.54, 1.807) is 11.3 Å². The second-order valence-electron chi connectivity index (χ2n) is 5.01. The molecule has 1 aliphatic heterocycles. The standard InChI is InChI=1S/C15H14N4S/c1-9-11-2-4-16-8-13(11)19-15(18-9)10-6-14-12(17-7-10)3-5-20-14/h3,5-7,16H,2,4,8H2,1H3. The van der Waals surface area contributed by atoms with Crippen molar-refractivity contribution in [1.29, 1.82) is 0 Å². The predicted octanol–water partition coefficient (Wildman–Crippen LogP) is 2.71. The number of hydrogen-bond acceptors (Lipinski definition) is 5. The van der Waals surface area contributed by atoms with Crippen LogP contribution in [0.2, 0.25) is 0 Å². The van der Waals surface area contributed by atoms with E-state index >= 15 is 0 Å². The molecule has 0 fully saturated rings. The monoisotopic (exact) mass is 282 g/mol. The fourth-order valence-corrected chi connectivity index (χ4v) is 3.42. The molecule has 3 aromatic rings. The second kappa shape index (κ2) is 4.61. The Hall–Kier alpha value is -1.85. The first kappa shape index (κ1) is 11.9. The normalized spacial score (nSPS) is 14.4. The first-order valence-electron chi connectivity index (χ1n) is 6.72. The van der Waals surface area contributed by atoms with E-state index in [0.717, 1.165) is 47.8 Å². The van der Waals surface area contributed by atoms with E-state index in [2.05, 4.69) is 33.7 Å². The van der Waals surface area contributed by atoms with Crippen LogP contribution in [0.5, 0.6) is 0 Å². The minimum atomic E-state index is 0.785. The molecule has 4 rings (SSSR count). The zero-order chi connectivity index (χ0) is 13.5. The van der Waals surface area contributed by atoms with Gasteiger partial charge in [-0.15, -0.1) is 11.3 Å². The third-order valence-electron chi connectivity index (χ3n) is 3.70. The van der Waals surface area contributed by atoms with Crippen molar-refractivity contribution in [2.24, 2.45) is 0 Å². The van der Waals surface area contributed by atoms with Gasteiger partial charge in [0.2, 0.25) is 0 Å². The Kier molecular flexibility index (Phi) is 2.75. The first-order chi connectivity index (χ1) is 9.81. The maximum atomic E-state index is 4.73. The molecule has 100 valence electrons. The molecule has 0 atom stereocenters. The number of rotatable bonds is 1. The average Bonchev–Trinajstić information content (AvgIpc) is 2.94. The van der Waals surface area contributed by atoms with Crippen LogP contribution in [0.25, 0.3) is 21.6 Å². The number of aromatic nitrogens is 3. The van der Waals surface area contributed by atoms with Crippen LogP contribution in [-0.2, 0) is 13.0 Å². The lowest BCUT2D eigenvalue weighted by Crippen LogP contribution is -2.26. The molecule has 4 heterocycles. The molecule has 1 N–H and O–H groups in total. The SMILES string of the molecule is Cc1nc(-c2cnc3ccsc3c2)nc2c1CCNC2. The summed E-state index contributed by atoms with van der Waals surface area (Å²) >= 11 is 1.70. The maximum Gasteiger partial charge on any atom is 0.161 e. The van der Waals surface area contributed by atoms with Crippen molar-refractivity contribution >= 4 is 21.6 Å². The molecule has 4 nitrogen and oxygen atoms in total. The minimum absolute atomic E-state index is 0.785. The van der Waals surface area contributed by atoms with Crippen molar-refractivity contribution in [2.75, 3.05) is 6.54 Å². The quantitative estimate of drug-likeness (QED) is 0.745. The van der Waals surface area contributed by atoms with Gasteiger partial charge < -0.3 is 5.32 Å². The van der Waals surface area contributed by atoms with Crippen LogP contribution in [0.3, 0.4) is 0 Å². The summed E-state index contributed by atoms with van der Waals surface area (Å²) in [5.74, 6) is 0.785. The largest absolute Gasteiger partial charge is 0.311 e. The van der Waals surface area contributed by atoms with Crippen molar-refractivity contribution in [3.8, 4) is 11.4 Å². The van der Waals surface area contributed by atoms with Crippen molar-refractivity contribution in [3.63, 3.8) is 0 Å². The van der Waals surface area contributed by atoms with Gasteiger partial charge in [-0.1, -0.05) is 0 Å². The van der Waals surface area contributed by atoms with Crippen molar-refractivity contribution in [2.45, 2.75) is 19.9 Å². The smallest absolute Gasteiger partial charge is 0.161 e. The molecular weight excluding hydrogens is 268 g/mol. The highest BCUT2D eigenvalue weighted by molar-refractivity contribution is 7.17. The summed E-state index contributed by atoms with van der Waals surface area (Å²) in [6, 6.07) is 4.16. The van der Waals surface area contributed by atoms with Crippen LogP contribution < -0.4 is 5.32 Å². The van der Waals surface area contributed by atoms with E-state index in [1.165, 1.54) is 10.3 Å². The Morgan fingerprint density at radius 2 is 2.25 bits per heavy atom. The Morgan fingerprint density at radius 3 is 3.20 bits per heavy atom. The molecule has 0 bridgehead atoms. The zero-order valence-corrected chi connectivity index (χ0v) is 12.0. The molecule has 0 saturated heterocycles. The topological polar surface area (TPSA) is 50.7 Å². The van der Waals surface area contributed by atoms with Gasteiger partial charge in [0.1, 0.15) is 0 Å². The van der Waals surface area contributed by atoms with Gasteiger partial charge in [-0.25, -0.2) is 9.97 Å². The van der Waals surface area contributed by atoms with Gasteiger partial charge in [0.05, 0.1) is 15.9 Å². The summed E-state index contributed by atoms with van der Waals surface area (Å²) in [6.07, 6.45) is 2.89. The van der Waals surface area contributed by atoms with E-state index in [4.69, 9.17) is 4.98 Å². The third kappa shape index (κ3) is 1.90. The molecule has 0 radical (unpaired) electrons. The molecule has 1 aliphatic rings. The number of aryl methyl sites for hydroxylation is 1. The number of nitrogens with zero attached hydrogens (tertiary/aromatic N) is 3. The molecular formula is C15H14N4S. The predicted molar refractivity (Wildman–Crippen MR) is 80.8 cm³/mol. The van der Waals surface area contributed by atoms with Gasteiger partial charge in [0, 0.05) is 24.0 Å². The number of pyridine rings is 1. The van der Waals surface area contributed by atoms with Crippen molar-refractivity contribution in [1.82, 2.24) is 20.3 Å². The molecule has 5 heteroatoms. The summed E-state index contributed by atoms with van der Waals surface area (Å²) in [5, 5.41) is 5.43. The lowest BCUT2D eigenvalue weighted by atomic mass is 10.0. The lowest BCUT2D eigenvalue weighted by Gasteiger charge is -2.18. The van der Waals surface area contributed by atoms with Gasteiger partial charge in [0.15, 0.2) is 5.82 Å². The summed E-state index contributed by atoms with van der Waals surface area (Å²) in [4.78, 5) is 13.9. The van der Waals surface area contributed by atoms with Gasteiger partial charge >= 0.3 is 0 Å². The summed E-state index contributed by atoms with van der Waals surface area (Å²) in [5.41, 5.74) is 5.56. The molecule has 0 amide bonds. The number of hydrogen-bond donors (Lipinski definition) is 1. The Balaban J connectivity index is 1.86. The summed E-state index contributed by atoms with van der Waals surface area (Å²) in [6.45, 7) is 3.92. The van der Waals surface area contributed by atoms with Crippen LogP contribution in [0.15, 0.2) is 23.7 Å². The highest BCUT2D eigenvalue weighted by Gasteiger charge is 2.16. The summed E-state index contributed by atoms with van der Waals surface area (Å²) < 4.78 is 1.18. The Bertz CT molecular complexity index is 794. The third-order valence-corrected chi connectivity index (χ3v) is 4.56. The van der Waals surface area contributed by atoms with Crippen LogP contribution in [0.4, 0.5) is 0 Å². The first-order valence-corrected chi connectivity index (χ1v) is 7.60. The van der Waals surface area contributed by atoms with Gasteiger partial charge in [-0.3, -0.25) is 4.98 Å². The maximum absolute atomic E-state index is 4.73. The minimum Gasteiger partial charge on any atom is -0.311 e. The highest BCUT2D eigenvalue weighted by atomic mass is 32.1. The fraction of sp³-hybridized carbons (Fsp3) is 0.267. The number of nitrogens with one attached hydrogen (secondary N) is 1. The average molecular weight is 282 g/mol.